The Morgan fingerprint density at radius 3 is 2.68 bits per heavy atom. The average Bonchev–Trinajstić information content (AvgIpc) is 3.23. The quantitative estimate of drug-likeness (QED) is 0.933. The molecule has 4 rings (SSSR count). The van der Waals surface area contributed by atoms with Crippen molar-refractivity contribution in [1.82, 2.24) is 15.1 Å². The lowest BCUT2D eigenvalue weighted by Gasteiger charge is -2.35. The van der Waals surface area contributed by atoms with Crippen molar-refractivity contribution < 1.29 is 4.79 Å². The maximum Gasteiger partial charge on any atom is 0.255 e. The van der Waals surface area contributed by atoms with Gasteiger partial charge in [-0.05, 0) is 50.3 Å². The predicted octanol–water partition coefficient (Wildman–Crippen LogP) is 3.42. The summed E-state index contributed by atoms with van der Waals surface area (Å²) in [6, 6.07) is 10.2. The zero-order valence-electron chi connectivity index (χ0n) is 14.7. The molecular weight excluding hydrogens is 312 g/mol. The average molecular weight is 338 g/mol. The molecule has 25 heavy (non-hydrogen) atoms. The molecule has 1 amide bonds. The van der Waals surface area contributed by atoms with Crippen LogP contribution in [0, 0.1) is 0 Å². The van der Waals surface area contributed by atoms with Crippen LogP contribution in [-0.4, -0.2) is 47.2 Å². The van der Waals surface area contributed by atoms with Gasteiger partial charge < -0.3 is 9.80 Å². The van der Waals surface area contributed by atoms with Crippen molar-refractivity contribution in [3.05, 3.63) is 47.8 Å². The molecule has 2 aliphatic heterocycles. The number of hydrogen-bond acceptors (Lipinski definition) is 3. The van der Waals surface area contributed by atoms with Crippen LogP contribution in [0.1, 0.15) is 54.1 Å². The van der Waals surface area contributed by atoms with Gasteiger partial charge in [0.1, 0.15) is 0 Å². The molecule has 0 aliphatic carbocycles. The van der Waals surface area contributed by atoms with Gasteiger partial charge in [-0.15, -0.1) is 0 Å². The number of benzene rings is 1. The largest absolute Gasteiger partial charge is 0.371 e. The van der Waals surface area contributed by atoms with Crippen LogP contribution in [-0.2, 0) is 0 Å². The second-order valence-corrected chi connectivity index (χ2v) is 7.17. The Kier molecular flexibility index (Phi) is 4.72. The molecule has 1 unspecified atom stereocenters. The number of para-hydroxylation sites is 1. The van der Waals surface area contributed by atoms with Crippen LogP contribution in [0.5, 0.6) is 0 Å². The summed E-state index contributed by atoms with van der Waals surface area (Å²) >= 11 is 0. The molecule has 2 aliphatic rings. The minimum absolute atomic E-state index is 0.172. The highest BCUT2D eigenvalue weighted by Gasteiger charge is 2.28. The Balaban J connectivity index is 1.54. The second-order valence-electron chi connectivity index (χ2n) is 7.17. The van der Waals surface area contributed by atoms with Crippen LogP contribution in [0.15, 0.2) is 36.5 Å². The zero-order valence-corrected chi connectivity index (χ0v) is 14.7. The molecule has 2 fully saturated rings. The molecule has 3 heterocycles. The lowest BCUT2D eigenvalue weighted by molar-refractivity contribution is 0.0706. The summed E-state index contributed by atoms with van der Waals surface area (Å²) in [6.07, 6.45) is 7.68. The summed E-state index contributed by atoms with van der Waals surface area (Å²) in [6.45, 7) is 3.73. The van der Waals surface area contributed by atoms with Crippen molar-refractivity contribution in [2.24, 2.45) is 0 Å². The third kappa shape index (κ3) is 3.41. The van der Waals surface area contributed by atoms with E-state index in [0.717, 1.165) is 56.0 Å². The number of carbonyl (C=O) groups is 1. The summed E-state index contributed by atoms with van der Waals surface area (Å²) in [5.74, 6) is 0.535. The smallest absolute Gasteiger partial charge is 0.255 e. The van der Waals surface area contributed by atoms with E-state index in [0.29, 0.717) is 5.92 Å². The van der Waals surface area contributed by atoms with Gasteiger partial charge in [-0.2, -0.15) is 5.10 Å². The number of H-pyrrole nitrogens is 1. The molecule has 2 aromatic rings. The third-order valence-corrected chi connectivity index (χ3v) is 5.50. The van der Waals surface area contributed by atoms with Crippen molar-refractivity contribution >= 4 is 11.6 Å². The number of hydrogen-bond donors (Lipinski definition) is 1. The van der Waals surface area contributed by atoms with Gasteiger partial charge in [0.25, 0.3) is 5.91 Å². The summed E-state index contributed by atoms with van der Waals surface area (Å²) in [4.78, 5) is 17.7. The van der Waals surface area contributed by atoms with E-state index in [2.05, 4.69) is 21.2 Å². The SMILES string of the molecule is O=C(c1ccccc1N1CCCCC1)N1CCCC(c2ccn[nH]2)C1. The van der Waals surface area contributed by atoms with Gasteiger partial charge >= 0.3 is 0 Å². The van der Waals surface area contributed by atoms with E-state index in [4.69, 9.17) is 0 Å². The number of rotatable bonds is 3. The highest BCUT2D eigenvalue weighted by molar-refractivity contribution is 6.00. The number of nitrogens with one attached hydrogen (secondary N) is 1. The number of piperidine rings is 2. The van der Waals surface area contributed by atoms with Crippen LogP contribution in [0.4, 0.5) is 5.69 Å². The molecule has 0 saturated carbocycles. The van der Waals surface area contributed by atoms with Gasteiger partial charge in [-0.1, -0.05) is 12.1 Å². The van der Waals surface area contributed by atoms with Gasteiger partial charge in [0, 0.05) is 49.7 Å². The molecule has 1 aromatic carbocycles. The molecule has 0 radical (unpaired) electrons. The summed E-state index contributed by atoms with van der Waals surface area (Å²) < 4.78 is 0. The Hall–Kier alpha value is -2.30. The van der Waals surface area contributed by atoms with E-state index in [1.165, 1.54) is 19.3 Å². The fraction of sp³-hybridized carbons (Fsp3) is 0.500. The van der Waals surface area contributed by atoms with E-state index >= 15 is 0 Å². The fourth-order valence-corrected chi connectivity index (χ4v) is 4.14. The molecule has 1 N–H and O–H groups in total. The summed E-state index contributed by atoms with van der Waals surface area (Å²) in [5, 5.41) is 7.14. The predicted molar refractivity (Wildman–Crippen MR) is 99.0 cm³/mol. The molecule has 1 aromatic heterocycles. The number of nitrogens with zero attached hydrogens (tertiary/aromatic N) is 3. The lowest BCUT2D eigenvalue weighted by Crippen LogP contribution is -2.40. The van der Waals surface area contributed by atoms with Crippen LogP contribution >= 0.6 is 0 Å². The number of carbonyl (C=O) groups excluding carboxylic acids is 1. The monoisotopic (exact) mass is 338 g/mol. The second kappa shape index (κ2) is 7.30. The molecule has 0 bridgehead atoms. The van der Waals surface area contributed by atoms with Gasteiger partial charge in [-0.25, -0.2) is 0 Å². The number of aromatic nitrogens is 2. The first-order valence-electron chi connectivity index (χ1n) is 9.45. The maximum absolute atomic E-state index is 13.3. The first kappa shape index (κ1) is 16.2. The van der Waals surface area contributed by atoms with E-state index < -0.39 is 0 Å². The molecule has 1 atom stereocenters. The molecule has 0 spiro atoms. The number of amides is 1. The lowest BCUT2D eigenvalue weighted by atomic mass is 9.94. The molecular formula is C20H26N4O. The van der Waals surface area contributed by atoms with Crippen LogP contribution in [0.25, 0.3) is 0 Å². The molecule has 5 heteroatoms. The molecule has 5 nitrogen and oxygen atoms in total. The Morgan fingerprint density at radius 2 is 1.88 bits per heavy atom. The molecule has 2 saturated heterocycles. The first-order valence-corrected chi connectivity index (χ1v) is 9.45. The minimum Gasteiger partial charge on any atom is -0.371 e. The Morgan fingerprint density at radius 1 is 1.04 bits per heavy atom. The number of likely N-dealkylation sites (tertiary alicyclic amines) is 1. The topological polar surface area (TPSA) is 52.2 Å². The standard InChI is InChI=1S/C20H26N4O/c25-20(24-14-6-7-16(15-24)18-10-11-21-22-18)17-8-2-3-9-19(17)23-12-4-1-5-13-23/h2-3,8-11,16H,1,4-7,12-15H2,(H,21,22). The van der Waals surface area contributed by atoms with Gasteiger partial charge in [-0.3, -0.25) is 9.89 Å². The van der Waals surface area contributed by atoms with E-state index in [1.807, 2.05) is 29.2 Å². The van der Waals surface area contributed by atoms with E-state index in [9.17, 15) is 4.79 Å². The first-order chi connectivity index (χ1) is 12.3. The highest BCUT2D eigenvalue weighted by atomic mass is 16.2. The van der Waals surface area contributed by atoms with Crippen LogP contribution < -0.4 is 4.90 Å². The van der Waals surface area contributed by atoms with Crippen molar-refractivity contribution in [2.75, 3.05) is 31.1 Å². The van der Waals surface area contributed by atoms with Crippen molar-refractivity contribution in [2.45, 2.75) is 38.0 Å². The maximum atomic E-state index is 13.3. The minimum atomic E-state index is 0.172. The van der Waals surface area contributed by atoms with Crippen molar-refractivity contribution in [3.8, 4) is 0 Å². The van der Waals surface area contributed by atoms with Crippen LogP contribution in [0.2, 0.25) is 0 Å². The van der Waals surface area contributed by atoms with Gasteiger partial charge in [0.05, 0.1) is 5.56 Å². The molecule has 132 valence electrons. The summed E-state index contributed by atoms with van der Waals surface area (Å²) in [5.41, 5.74) is 3.10. The highest BCUT2D eigenvalue weighted by Crippen LogP contribution is 2.29. The van der Waals surface area contributed by atoms with Crippen molar-refractivity contribution in [3.63, 3.8) is 0 Å². The fourth-order valence-electron chi connectivity index (χ4n) is 4.14. The van der Waals surface area contributed by atoms with Crippen LogP contribution in [0.3, 0.4) is 0 Å². The normalized spacial score (nSPS) is 21.4. The number of aromatic amines is 1. The van der Waals surface area contributed by atoms with E-state index in [-0.39, 0.29) is 5.91 Å². The van der Waals surface area contributed by atoms with Gasteiger partial charge in [0.2, 0.25) is 0 Å². The van der Waals surface area contributed by atoms with Gasteiger partial charge in [0.15, 0.2) is 0 Å². The summed E-state index contributed by atoms with van der Waals surface area (Å²) in [7, 11) is 0. The zero-order chi connectivity index (χ0) is 17.1. The number of anilines is 1. The third-order valence-electron chi connectivity index (χ3n) is 5.50. The van der Waals surface area contributed by atoms with E-state index in [1.54, 1.807) is 6.20 Å². The Labute approximate surface area is 149 Å². The Bertz CT molecular complexity index is 706. The van der Waals surface area contributed by atoms with Crippen molar-refractivity contribution in [1.29, 1.82) is 0 Å².